The van der Waals surface area contributed by atoms with Crippen LogP contribution in [0.2, 0.25) is 0 Å². The van der Waals surface area contributed by atoms with E-state index < -0.39 is 30.1 Å². The van der Waals surface area contributed by atoms with Crippen molar-refractivity contribution < 1.29 is 24.2 Å². The summed E-state index contributed by atoms with van der Waals surface area (Å²) < 4.78 is 5.04. The zero-order chi connectivity index (χ0) is 22.8. The third-order valence-corrected chi connectivity index (χ3v) is 5.73. The molecule has 32 heavy (non-hydrogen) atoms. The zero-order valence-electron chi connectivity index (χ0n) is 17.4. The summed E-state index contributed by atoms with van der Waals surface area (Å²) in [5, 5.41) is 10.1. The number of nitrogens with two attached hydrogens (primary N) is 1. The monoisotopic (exact) mass is 430 g/mol. The van der Waals surface area contributed by atoms with Crippen molar-refractivity contribution in [1.82, 2.24) is 4.90 Å². The number of aliphatic carboxylic acids is 1. The summed E-state index contributed by atoms with van der Waals surface area (Å²) in [6.07, 6.45) is -0.771. The fourth-order valence-electron chi connectivity index (χ4n) is 4.33. The number of carboxylic acids is 1. The number of carboxylic acid groups (broad SMARTS) is 1. The van der Waals surface area contributed by atoms with Gasteiger partial charge in [-0.1, -0.05) is 60.7 Å². The summed E-state index contributed by atoms with van der Waals surface area (Å²) in [5.41, 5.74) is 9.76. The predicted molar refractivity (Wildman–Crippen MR) is 118 cm³/mol. The van der Waals surface area contributed by atoms with Crippen LogP contribution < -0.4 is 5.73 Å². The number of methoxy groups -OCH3 is 1. The van der Waals surface area contributed by atoms with E-state index in [1.807, 2.05) is 48.5 Å². The minimum absolute atomic E-state index is 0.0214. The van der Waals surface area contributed by atoms with E-state index >= 15 is 0 Å². The number of rotatable bonds is 6. The van der Waals surface area contributed by atoms with E-state index in [0.29, 0.717) is 5.56 Å². The number of benzene rings is 3. The van der Waals surface area contributed by atoms with Crippen LogP contribution in [0.5, 0.6) is 0 Å². The van der Waals surface area contributed by atoms with Crippen molar-refractivity contribution in [3.63, 3.8) is 0 Å². The second kappa shape index (κ2) is 8.55. The van der Waals surface area contributed by atoms with Crippen molar-refractivity contribution >= 4 is 18.0 Å². The standard InChI is InChI=1S/C25H22N2O5/c1-32-25(31)27(21(24(29)30)14-15-7-6-8-16(13-15)23(26)28)22-19-11-4-2-9-17(19)18-10-3-5-12-20(18)22/h2-13,21-22H,14H2,1H3,(H2,26,28)(H,29,30)/t21-/m0/s1. The molecule has 0 heterocycles. The SMILES string of the molecule is COC(=O)N(C1c2ccccc2-c2ccccc21)[C@@H](Cc1cccc(C(N)=O)c1)C(=O)O. The average molecular weight is 430 g/mol. The number of ether oxygens (including phenoxy) is 1. The number of hydrogen-bond donors (Lipinski definition) is 2. The van der Waals surface area contributed by atoms with Crippen LogP contribution in [0, 0.1) is 0 Å². The Morgan fingerprint density at radius 1 is 0.969 bits per heavy atom. The Morgan fingerprint density at radius 2 is 1.56 bits per heavy atom. The summed E-state index contributed by atoms with van der Waals surface area (Å²) in [6, 6.07) is 19.8. The molecule has 0 saturated carbocycles. The molecule has 7 nitrogen and oxygen atoms in total. The van der Waals surface area contributed by atoms with Crippen molar-refractivity contribution in [3.8, 4) is 11.1 Å². The van der Waals surface area contributed by atoms with Gasteiger partial charge in [-0.3, -0.25) is 9.69 Å². The molecule has 3 aromatic carbocycles. The molecule has 1 atom stereocenters. The van der Waals surface area contributed by atoms with Gasteiger partial charge in [-0.25, -0.2) is 9.59 Å². The maximum atomic E-state index is 13.0. The zero-order valence-corrected chi connectivity index (χ0v) is 17.4. The molecular weight excluding hydrogens is 408 g/mol. The molecule has 2 amide bonds. The molecule has 0 spiro atoms. The summed E-state index contributed by atoms with van der Waals surface area (Å²) in [4.78, 5) is 38.3. The summed E-state index contributed by atoms with van der Waals surface area (Å²) >= 11 is 0. The Bertz CT molecular complexity index is 1160. The van der Waals surface area contributed by atoms with E-state index in [1.165, 1.54) is 12.0 Å². The molecule has 0 radical (unpaired) electrons. The van der Waals surface area contributed by atoms with Gasteiger partial charge in [0.25, 0.3) is 0 Å². The number of carbonyl (C=O) groups excluding carboxylic acids is 2. The van der Waals surface area contributed by atoms with E-state index in [2.05, 4.69) is 0 Å². The maximum Gasteiger partial charge on any atom is 0.411 e. The summed E-state index contributed by atoms with van der Waals surface area (Å²) in [7, 11) is 1.23. The molecule has 3 N–H and O–H groups in total. The minimum Gasteiger partial charge on any atom is -0.480 e. The second-order valence-electron chi connectivity index (χ2n) is 7.58. The highest BCUT2D eigenvalue weighted by atomic mass is 16.5. The van der Waals surface area contributed by atoms with Crippen molar-refractivity contribution in [2.45, 2.75) is 18.5 Å². The Hall–Kier alpha value is -4.13. The van der Waals surface area contributed by atoms with Crippen LogP contribution in [0.4, 0.5) is 4.79 Å². The molecule has 0 aliphatic heterocycles. The third-order valence-electron chi connectivity index (χ3n) is 5.73. The van der Waals surface area contributed by atoms with Crippen LogP contribution in [0.25, 0.3) is 11.1 Å². The molecule has 4 rings (SSSR count). The molecule has 1 aliphatic carbocycles. The highest BCUT2D eigenvalue weighted by molar-refractivity contribution is 5.93. The van der Waals surface area contributed by atoms with Crippen LogP contribution in [0.3, 0.4) is 0 Å². The Labute approximate surface area is 185 Å². The van der Waals surface area contributed by atoms with Gasteiger partial charge in [0.05, 0.1) is 13.2 Å². The van der Waals surface area contributed by atoms with Gasteiger partial charge in [-0.15, -0.1) is 0 Å². The quantitative estimate of drug-likeness (QED) is 0.621. The number of nitrogens with zero attached hydrogens (tertiary/aromatic N) is 1. The Balaban J connectivity index is 1.82. The van der Waals surface area contributed by atoms with Gasteiger partial charge >= 0.3 is 12.1 Å². The van der Waals surface area contributed by atoms with E-state index in [-0.39, 0.29) is 12.0 Å². The Morgan fingerprint density at radius 3 is 2.09 bits per heavy atom. The van der Waals surface area contributed by atoms with Crippen LogP contribution in [0.1, 0.15) is 33.1 Å². The van der Waals surface area contributed by atoms with E-state index in [0.717, 1.165) is 22.3 Å². The summed E-state index contributed by atoms with van der Waals surface area (Å²) in [6.45, 7) is 0. The first kappa shape index (κ1) is 21.1. The van der Waals surface area contributed by atoms with Gasteiger partial charge in [0, 0.05) is 12.0 Å². The highest BCUT2D eigenvalue weighted by Gasteiger charge is 2.42. The van der Waals surface area contributed by atoms with Gasteiger partial charge in [0.2, 0.25) is 5.91 Å². The summed E-state index contributed by atoms with van der Waals surface area (Å²) in [5.74, 6) is -1.79. The molecule has 0 unspecified atom stereocenters. The molecule has 0 bridgehead atoms. The normalized spacial score (nSPS) is 13.0. The van der Waals surface area contributed by atoms with Crippen LogP contribution in [-0.2, 0) is 16.0 Å². The topological polar surface area (TPSA) is 110 Å². The first-order valence-corrected chi connectivity index (χ1v) is 10.1. The van der Waals surface area contributed by atoms with E-state index in [4.69, 9.17) is 10.5 Å². The second-order valence-corrected chi connectivity index (χ2v) is 7.58. The van der Waals surface area contributed by atoms with E-state index in [9.17, 15) is 19.5 Å². The van der Waals surface area contributed by atoms with Crippen LogP contribution in [0.15, 0.2) is 72.8 Å². The number of amides is 2. The van der Waals surface area contributed by atoms with Crippen molar-refractivity contribution in [2.75, 3.05) is 7.11 Å². The number of carbonyl (C=O) groups is 3. The lowest BCUT2D eigenvalue weighted by atomic mass is 9.97. The smallest absolute Gasteiger partial charge is 0.411 e. The van der Waals surface area contributed by atoms with Crippen molar-refractivity contribution in [3.05, 3.63) is 95.1 Å². The molecule has 3 aromatic rings. The van der Waals surface area contributed by atoms with Gasteiger partial charge in [-0.2, -0.15) is 0 Å². The lowest BCUT2D eigenvalue weighted by Gasteiger charge is -2.34. The lowest BCUT2D eigenvalue weighted by molar-refractivity contribution is -0.143. The van der Waals surface area contributed by atoms with Gasteiger partial charge in [0.15, 0.2) is 0 Å². The van der Waals surface area contributed by atoms with Crippen molar-refractivity contribution in [2.24, 2.45) is 5.73 Å². The predicted octanol–water partition coefficient (Wildman–Crippen LogP) is 3.62. The van der Waals surface area contributed by atoms with Crippen LogP contribution >= 0.6 is 0 Å². The third kappa shape index (κ3) is 3.69. The Kier molecular flexibility index (Phi) is 5.64. The first-order chi connectivity index (χ1) is 15.4. The van der Waals surface area contributed by atoms with Gasteiger partial charge < -0.3 is 15.6 Å². The van der Waals surface area contributed by atoms with Gasteiger partial charge in [0.1, 0.15) is 6.04 Å². The average Bonchev–Trinajstić information content (AvgIpc) is 3.13. The molecule has 162 valence electrons. The number of fused-ring (bicyclic) bond motifs is 3. The molecular formula is C25H22N2O5. The highest BCUT2D eigenvalue weighted by Crippen LogP contribution is 2.47. The molecule has 1 aliphatic rings. The lowest BCUT2D eigenvalue weighted by Crippen LogP contribution is -2.48. The number of primary amides is 1. The largest absolute Gasteiger partial charge is 0.480 e. The molecule has 0 saturated heterocycles. The maximum absolute atomic E-state index is 13.0. The minimum atomic E-state index is -1.24. The van der Waals surface area contributed by atoms with Crippen molar-refractivity contribution in [1.29, 1.82) is 0 Å². The van der Waals surface area contributed by atoms with Gasteiger partial charge in [-0.05, 0) is 39.9 Å². The molecule has 7 heteroatoms. The fraction of sp³-hybridized carbons (Fsp3) is 0.160. The molecule has 0 fully saturated rings. The van der Waals surface area contributed by atoms with Crippen LogP contribution in [-0.4, -0.2) is 41.1 Å². The fourth-order valence-corrected chi connectivity index (χ4v) is 4.33. The van der Waals surface area contributed by atoms with E-state index in [1.54, 1.807) is 24.3 Å². The first-order valence-electron chi connectivity index (χ1n) is 10.1. The molecule has 0 aromatic heterocycles. The number of hydrogen-bond acceptors (Lipinski definition) is 4.